The average Bonchev–Trinajstić information content (AvgIpc) is 2.96. The summed E-state index contributed by atoms with van der Waals surface area (Å²) >= 11 is 0. The van der Waals surface area contributed by atoms with E-state index in [4.69, 9.17) is 23.7 Å². The van der Waals surface area contributed by atoms with Gasteiger partial charge < -0.3 is 28.8 Å². The van der Waals surface area contributed by atoms with Crippen LogP contribution < -0.4 is 0 Å². The molecule has 0 aromatic heterocycles. The van der Waals surface area contributed by atoms with Crippen LogP contribution in [0.5, 0.6) is 0 Å². The molecule has 0 radical (unpaired) electrons. The lowest BCUT2D eigenvalue weighted by Gasteiger charge is -2.39. The van der Waals surface area contributed by atoms with E-state index in [0.717, 1.165) is 39.8 Å². The Bertz CT molecular complexity index is 1100. The molecule has 6 nitrogen and oxygen atoms in total. The quantitative estimate of drug-likeness (QED) is 0.220. The van der Waals surface area contributed by atoms with Gasteiger partial charge in [0.25, 0.3) is 0 Å². The molecule has 0 spiro atoms. The van der Waals surface area contributed by atoms with Crippen molar-refractivity contribution < 1.29 is 28.8 Å². The summed E-state index contributed by atoms with van der Waals surface area (Å²) in [5, 5.41) is 10.2. The lowest BCUT2D eigenvalue weighted by molar-refractivity contribution is -0.165. The molecule has 1 N–H and O–H groups in total. The number of hydrogen-bond donors (Lipinski definition) is 1. The highest BCUT2D eigenvalue weighted by molar-refractivity contribution is 5.39. The van der Waals surface area contributed by atoms with Gasteiger partial charge >= 0.3 is 0 Å². The minimum absolute atomic E-state index is 0.0113. The van der Waals surface area contributed by atoms with Crippen LogP contribution >= 0.6 is 0 Å². The fourth-order valence-corrected chi connectivity index (χ4v) is 4.91. The minimum atomic E-state index is -0.235. The third-order valence-corrected chi connectivity index (χ3v) is 7.09. The fraction of sp³-hybridized carbons (Fsp3) is 0.438. The highest BCUT2D eigenvalue weighted by Crippen LogP contribution is 2.38. The lowest BCUT2D eigenvalue weighted by atomic mass is 9.89. The summed E-state index contributed by atoms with van der Waals surface area (Å²) in [7, 11) is 1.61. The summed E-state index contributed by atoms with van der Waals surface area (Å²) in [4.78, 5) is 0. The molecule has 4 unspecified atom stereocenters. The largest absolute Gasteiger partial charge is 0.392 e. The van der Waals surface area contributed by atoms with E-state index in [-0.39, 0.29) is 37.8 Å². The van der Waals surface area contributed by atoms with E-state index in [1.54, 1.807) is 7.11 Å². The van der Waals surface area contributed by atoms with Crippen LogP contribution in [0.15, 0.2) is 72.8 Å². The number of aliphatic hydroxyl groups is 1. The minimum Gasteiger partial charge on any atom is -0.392 e. The molecule has 1 aliphatic rings. The summed E-state index contributed by atoms with van der Waals surface area (Å²) in [5.41, 5.74) is 6.23. The standard InChI is InChI=1S/C32H40O6/c1-23-14-27(18-33)30(15-28(23)21-35-22-34-3)32-17-29(37-20-26-12-8-5-9-13-26)16-31(38-32)24(2)36-19-25-10-6-4-7-11-25/h4-15,24,29,31-33H,16-22H2,1-3H3. The van der Waals surface area contributed by atoms with E-state index in [0.29, 0.717) is 26.2 Å². The van der Waals surface area contributed by atoms with Gasteiger partial charge in [-0.15, -0.1) is 0 Å². The van der Waals surface area contributed by atoms with Gasteiger partial charge in [-0.25, -0.2) is 0 Å². The molecule has 4 rings (SSSR count). The van der Waals surface area contributed by atoms with Crippen molar-refractivity contribution in [2.75, 3.05) is 13.9 Å². The first-order valence-corrected chi connectivity index (χ1v) is 13.3. The highest BCUT2D eigenvalue weighted by Gasteiger charge is 2.35. The Kier molecular flexibility index (Phi) is 10.9. The maximum atomic E-state index is 10.2. The lowest BCUT2D eigenvalue weighted by Crippen LogP contribution is -2.40. The van der Waals surface area contributed by atoms with Crippen LogP contribution in [0.25, 0.3) is 0 Å². The number of aliphatic hydroxyl groups excluding tert-OH is 1. The molecule has 1 heterocycles. The van der Waals surface area contributed by atoms with Gasteiger partial charge in [0, 0.05) is 20.0 Å². The third-order valence-electron chi connectivity index (χ3n) is 7.09. The smallest absolute Gasteiger partial charge is 0.146 e. The number of benzene rings is 3. The summed E-state index contributed by atoms with van der Waals surface area (Å²) in [6.45, 7) is 5.76. The summed E-state index contributed by atoms with van der Waals surface area (Å²) in [6.07, 6.45) is 0.906. The van der Waals surface area contributed by atoms with Gasteiger partial charge in [-0.1, -0.05) is 72.8 Å². The summed E-state index contributed by atoms with van der Waals surface area (Å²) in [5.74, 6) is 0. The fourth-order valence-electron chi connectivity index (χ4n) is 4.91. The van der Waals surface area contributed by atoms with Crippen molar-refractivity contribution in [3.63, 3.8) is 0 Å². The van der Waals surface area contributed by atoms with Crippen molar-refractivity contribution in [1.29, 1.82) is 0 Å². The van der Waals surface area contributed by atoms with Crippen molar-refractivity contribution >= 4 is 0 Å². The van der Waals surface area contributed by atoms with Gasteiger partial charge in [0.1, 0.15) is 6.79 Å². The Balaban J connectivity index is 1.53. The Hall–Kier alpha value is -2.58. The number of ether oxygens (including phenoxy) is 5. The van der Waals surface area contributed by atoms with Crippen LogP contribution in [-0.2, 0) is 50.1 Å². The molecule has 0 amide bonds. The topological polar surface area (TPSA) is 66.4 Å². The van der Waals surface area contributed by atoms with Crippen LogP contribution in [0, 0.1) is 6.92 Å². The van der Waals surface area contributed by atoms with E-state index < -0.39 is 0 Å². The summed E-state index contributed by atoms with van der Waals surface area (Å²) < 4.78 is 30.1. The summed E-state index contributed by atoms with van der Waals surface area (Å²) in [6, 6.07) is 24.5. The van der Waals surface area contributed by atoms with E-state index >= 15 is 0 Å². The zero-order chi connectivity index (χ0) is 26.7. The molecule has 4 atom stereocenters. The van der Waals surface area contributed by atoms with Crippen LogP contribution in [0.3, 0.4) is 0 Å². The Morgan fingerprint density at radius 2 is 1.58 bits per heavy atom. The highest BCUT2D eigenvalue weighted by atomic mass is 16.7. The van der Waals surface area contributed by atoms with Crippen molar-refractivity contribution in [2.24, 2.45) is 0 Å². The van der Waals surface area contributed by atoms with E-state index in [1.165, 1.54) is 0 Å². The predicted molar refractivity (Wildman–Crippen MR) is 146 cm³/mol. The van der Waals surface area contributed by atoms with Gasteiger partial charge in [0.15, 0.2) is 0 Å². The zero-order valence-electron chi connectivity index (χ0n) is 22.7. The Morgan fingerprint density at radius 3 is 2.24 bits per heavy atom. The van der Waals surface area contributed by atoms with Crippen LogP contribution in [0.4, 0.5) is 0 Å². The molecule has 38 heavy (non-hydrogen) atoms. The van der Waals surface area contributed by atoms with E-state index in [2.05, 4.69) is 37.3 Å². The third kappa shape index (κ3) is 7.96. The van der Waals surface area contributed by atoms with Crippen LogP contribution in [0.1, 0.15) is 59.3 Å². The van der Waals surface area contributed by atoms with E-state index in [9.17, 15) is 5.11 Å². The van der Waals surface area contributed by atoms with Crippen molar-refractivity contribution in [2.45, 2.75) is 77.5 Å². The first-order chi connectivity index (χ1) is 18.6. The van der Waals surface area contributed by atoms with E-state index in [1.807, 2.05) is 49.4 Å². The van der Waals surface area contributed by atoms with Crippen molar-refractivity contribution in [1.82, 2.24) is 0 Å². The molecule has 3 aromatic rings. The molecule has 0 aliphatic carbocycles. The molecule has 0 saturated carbocycles. The Labute approximate surface area is 226 Å². The number of rotatable bonds is 13. The van der Waals surface area contributed by atoms with Gasteiger partial charge in [0.05, 0.1) is 50.8 Å². The first-order valence-electron chi connectivity index (χ1n) is 13.3. The zero-order valence-corrected chi connectivity index (χ0v) is 22.7. The van der Waals surface area contributed by atoms with Crippen LogP contribution in [-0.4, -0.2) is 37.3 Å². The molecule has 1 aliphatic heterocycles. The normalized spacial score (nSPS) is 20.4. The number of hydrogen-bond acceptors (Lipinski definition) is 6. The average molecular weight is 521 g/mol. The molecular weight excluding hydrogens is 480 g/mol. The predicted octanol–water partition coefficient (Wildman–Crippen LogP) is 6.02. The maximum absolute atomic E-state index is 10.2. The SMILES string of the molecule is COCOCc1cc(C2CC(OCc3ccccc3)CC(C(C)OCc3ccccc3)O2)c(CO)cc1C. The molecule has 6 heteroatoms. The van der Waals surface area contributed by atoms with Gasteiger partial charge in [-0.2, -0.15) is 0 Å². The monoisotopic (exact) mass is 520 g/mol. The second-order valence-electron chi connectivity index (χ2n) is 9.95. The first kappa shape index (κ1) is 28.4. The molecule has 3 aromatic carbocycles. The second-order valence-corrected chi connectivity index (χ2v) is 9.95. The molecule has 1 fully saturated rings. The molecule has 204 valence electrons. The molecular formula is C32H40O6. The Morgan fingerprint density at radius 1 is 0.895 bits per heavy atom. The van der Waals surface area contributed by atoms with Gasteiger partial charge in [-0.3, -0.25) is 0 Å². The maximum Gasteiger partial charge on any atom is 0.146 e. The van der Waals surface area contributed by atoms with Crippen molar-refractivity contribution in [3.8, 4) is 0 Å². The van der Waals surface area contributed by atoms with Crippen LogP contribution in [0.2, 0.25) is 0 Å². The molecule has 0 bridgehead atoms. The van der Waals surface area contributed by atoms with Gasteiger partial charge in [-0.05, 0) is 47.2 Å². The van der Waals surface area contributed by atoms with Crippen molar-refractivity contribution in [3.05, 3.63) is 106 Å². The number of aryl methyl sites for hydroxylation is 1. The second kappa shape index (κ2) is 14.5. The number of methoxy groups -OCH3 is 1. The molecule has 1 saturated heterocycles. The van der Waals surface area contributed by atoms with Gasteiger partial charge in [0.2, 0.25) is 0 Å².